The fourth-order valence-corrected chi connectivity index (χ4v) is 1.65. The van der Waals surface area contributed by atoms with Crippen LogP contribution in [0.15, 0.2) is 18.5 Å². The summed E-state index contributed by atoms with van der Waals surface area (Å²) in [7, 11) is 0. The topological polar surface area (TPSA) is 24.9 Å². The standard InChI is InChI=1S/C14H23FN2/c1-10(7-17-14(3,4)5)11(2)12-6-13(15)9-16-8-12/h6,8-11,17H,7H2,1-5H3. The van der Waals surface area contributed by atoms with Crippen molar-refractivity contribution in [3.63, 3.8) is 0 Å². The number of hydrogen-bond donors (Lipinski definition) is 1. The highest BCUT2D eigenvalue weighted by Gasteiger charge is 2.17. The van der Waals surface area contributed by atoms with Crippen molar-refractivity contribution in [3.8, 4) is 0 Å². The summed E-state index contributed by atoms with van der Waals surface area (Å²) in [6, 6.07) is 1.57. The molecule has 0 bridgehead atoms. The van der Waals surface area contributed by atoms with Crippen molar-refractivity contribution in [3.05, 3.63) is 29.8 Å². The second-order valence-electron chi connectivity index (χ2n) is 5.83. The number of nitrogens with zero attached hydrogens (tertiary/aromatic N) is 1. The van der Waals surface area contributed by atoms with Gasteiger partial charge in [-0.15, -0.1) is 0 Å². The van der Waals surface area contributed by atoms with Gasteiger partial charge in [-0.3, -0.25) is 4.98 Å². The molecule has 96 valence electrons. The Balaban J connectivity index is 2.60. The highest BCUT2D eigenvalue weighted by atomic mass is 19.1. The number of aromatic nitrogens is 1. The molecule has 0 fully saturated rings. The van der Waals surface area contributed by atoms with E-state index in [1.54, 1.807) is 12.3 Å². The van der Waals surface area contributed by atoms with Crippen LogP contribution in [0.25, 0.3) is 0 Å². The first kappa shape index (κ1) is 14.1. The maximum atomic E-state index is 13.1. The average Bonchev–Trinajstić information content (AvgIpc) is 2.24. The van der Waals surface area contributed by atoms with Gasteiger partial charge < -0.3 is 5.32 Å². The molecular weight excluding hydrogens is 215 g/mol. The molecule has 0 aliphatic rings. The summed E-state index contributed by atoms with van der Waals surface area (Å²) < 4.78 is 13.1. The monoisotopic (exact) mass is 238 g/mol. The van der Waals surface area contributed by atoms with Gasteiger partial charge in [0.25, 0.3) is 0 Å². The van der Waals surface area contributed by atoms with Crippen LogP contribution >= 0.6 is 0 Å². The van der Waals surface area contributed by atoms with Crippen LogP contribution in [0.2, 0.25) is 0 Å². The molecule has 1 aromatic rings. The van der Waals surface area contributed by atoms with Crippen molar-refractivity contribution in [1.29, 1.82) is 0 Å². The van der Waals surface area contributed by atoms with Crippen LogP contribution in [0, 0.1) is 11.7 Å². The number of halogens is 1. The third-order valence-corrected chi connectivity index (χ3v) is 3.06. The summed E-state index contributed by atoms with van der Waals surface area (Å²) in [6.07, 6.45) is 3.00. The fraction of sp³-hybridized carbons (Fsp3) is 0.643. The Hall–Kier alpha value is -0.960. The predicted octanol–water partition coefficient (Wildman–Crippen LogP) is 3.35. The summed E-state index contributed by atoms with van der Waals surface area (Å²) in [4.78, 5) is 3.90. The van der Waals surface area contributed by atoms with Crippen molar-refractivity contribution in [2.75, 3.05) is 6.54 Å². The molecule has 0 saturated heterocycles. The molecule has 2 atom stereocenters. The molecule has 0 aliphatic carbocycles. The lowest BCUT2D eigenvalue weighted by molar-refractivity contribution is 0.358. The fourth-order valence-electron chi connectivity index (χ4n) is 1.65. The van der Waals surface area contributed by atoms with Gasteiger partial charge in [-0.1, -0.05) is 13.8 Å². The van der Waals surface area contributed by atoms with Gasteiger partial charge in [-0.05, 0) is 50.8 Å². The molecule has 0 amide bonds. The van der Waals surface area contributed by atoms with Crippen LogP contribution in [0.4, 0.5) is 4.39 Å². The molecule has 1 N–H and O–H groups in total. The van der Waals surface area contributed by atoms with Gasteiger partial charge in [0.2, 0.25) is 0 Å². The number of rotatable bonds is 4. The van der Waals surface area contributed by atoms with Crippen molar-refractivity contribution in [1.82, 2.24) is 10.3 Å². The quantitative estimate of drug-likeness (QED) is 0.870. The Morgan fingerprint density at radius 2 is 1.94 bits per heavy atom. The van der Waals surface area contributed by atoms with Gasteiger partial charge in [0.15, 0.2) is 0 Å². The Bertz CT molecular complexity index is 357. The Morgan fingerprint density at radius 1 is 1.29 bits per heavy atom. The number of nitrogens with one attached hydrogen (secondary N) is 1. The van der Waals surface area contributed by atoms with E-state index in [4.69, 9.17) is 0 Å². The molecule has 1 aromatic heterocycles. The minimum absolute atomic E-state index is 0.119. The first-order valence-electron chi connectivity index (χ1n) is 6.15. The van der Waals surface area contributed by atoms with E-state index in [1.807, 2.05) is 0 Å². The van der Waals surface area contributed by atoms with E-state index in [1.165, 1.54) is 6.20 Å². The first-order chi connectivity index (χ1) is 7.79. The van der Waals surface area contributed by atoms with Gasteiger partial charge in [0.1, 0.15) is 5.82 Å². The predicted molar refractivity (Wildman–Crippen MR) is 69.5 cm³/mol. The second-order valence-corrected chi connectivity index (χ2v) is 5.83. The maximum Gasteiger partial charge on any atom is 0.141 e. The zero-order chi connectivity index (χ0) is 13.1. The van der Waals surface area contributed by atoms with Crippen molar-refractivity contribution in [2.45, 2.75) is 46.1 Å². The smallest absolute Gasteiger partial charge is 0.141 e. The van der Waals surface area contributed by atoms with E-state index in [0.717, 1.165) is 12.1 Å². The van der Waals surface area contributed by atoms with Crippen LogP contribution in [0.5, 0.6) is 0 Å². The van der Waals surface area contributed by atoms with E-state index in [9.17, 15) is 4.39 Å². The summed E-state index contributed by atoms with van der Waals surface area (Å²) in [5.41, 5.74) is 1.09. The lowest BCUT2D eigenvalue weighted by Crippen LogP contribution is -2.39. The van der Waals surface area contributed by atoms with E-state index < -0.39 is 0 Å². The minimum atomic E-state index is -0.259. The van der Waals surface area contributed by atoms with Gasteiger partial charge in [0.05, 0.1) is 6.20 Å². The van der Waals surface area contributed by atoms with Crippen molar-refractivity contribution in [2.24, 2.45) is 5.92 Å². The Morgan fingerprint density at radius 3 is 2.47 bits per heavy atom. The van der Waals surface area contributed by atoms with Crippen molar-refractivity contribution >= 4 is 0 Å². The van der Waals surface area contributed by atoms with E-state index in [0.29, 0.717) is 11.8 Å². The van der Waals surface area contributed by atoms with Crippen LogP contribution in [0.1, 0.15) is 46.1 Å². The van der Waals surface area contributed by atoms with Gasteiger partial charge in [0, 0.05) is 11.7 Å². The lowest BCUT2D eigenvalue weighted by Gasteiger charge is -2.26. The normalized spacial score (nSPS) is 15.6. The summed E-state index contributed by atoms with van der Waals surface area (Å²) in [6.45, 7) is 11.7. The molecule has 0 aliphatic heterocycles. The molecule has 2 nitrogen and oxygen atoms in total. The summed E-state index contributed by atoms with van der Waals surface area (Å²) in [5.74, 6) is 0.483. The zero-order valence-electron chi connectivity index (χ0n) is 11.4. The number of pyridine rings is 1. The van der Waals surface area contributed by atoms with Gasteiger partial charge in [-0.25, -0.2) is 4.39 Å². The Labute approximate surface area is 104 Å². The van der Waals surface area contributed by atoms with E-state index in [-0.39, 0.29) is 11.4 Å². The first-order valence-corrected chi connectivity index (χ1v) is 6.15. The summed E-state index contributed by atoms with van der Waals surface area (Å²) >= 11 is 0. The van der Waals surface area contributed by atoms with Gasteiger partial charge >= 0.3 is 0 Å². The second kappa shape index (κ2) is 5.58. The molecular formula is C14H23FN2. The lowest BCUT2D eigenvalue weighted by atomic mass is 9.89. The highest BCUT2D eigenvalue weighted by molar-refractivity contribution is 5.15. The van der Waals surface area contributed by atoms with Crippen LogP contribution in [-0.4, -0.2) is 17.1 Å². The molecule has 0 radical (unpaired) electrons. The molecule has 0 aromatic carbocycles. The SMILES string of the molecule is CC(CNC(C)(C)C)C(C)c1cncc(F)c1. The van der Waals surface area contributed by atoms with Crippen LogP contribution < -0.4 is 5.32 Å². The van der Waals surface area contributed by atoms with Gasteiger partial charge in [-0.2, -0.15) is 0 Å². The van der Waals surface area contributed by atoms with Crippen LogP contribution in [-0.2, 0) is 0 Å². The highest BCUT2D eigenvalue weighted by Crippen LogP contribution is 2.23. The van der Waals surface area contributed by atoms with Crippen molar-refractivity contribution < 1.29 is 4.39 Å². The van der Waals surface area contributed by atoms with E-state index >= 15 is 0 Å². The largest absolute Gasteiger partial charge is 0.312 e. The third-order valence-electron chi connectivity index (χ3n) is 3.06. The zero-order valence-corrected chi connectivity index (χ0v) is 11.4. The number of hydrogen-bond acceptors (Lipinski definition) is 2. The molecule has 1 heterocycles. The average molecular weight is 238 g/mol. The molecule has 0 saturated carbocycles. The molecule has 3 heteroatoms. The molecule has 1 rings (SSSR count). The molecule has 17 heavy (non-hydrogen) atoms. The molecule has 2 unspecified atom stereocenters. The van der Waals surface area contributed by atoms with Crippen LogP contribution in [0.3, 0.4) is 0 Å². The minimum Gasteiger partial charge on any atom is -0.312 e. The Kier molecular flexibility index (Phi) is 4.63. The third kappa shape index (κ3) is 4.82. The molecule has 0 spiro atoms. The van der Waals surface area contributed by atoms with E-state index in [2.05, 4.69) is 44.9 Å². The maximum absolute atomic E-state index is 13.1. The summed E-state index contributed by atoms with van der Waals surface area (Å²) in [5, 5.41) is 3.47.